The minimum absolute atomic E-state index is 0.0630. The van der Waals surface area contributed by atoms with Gasteiger partial charge in [0.2, 0.25) is 17.7 Å². The number of hydrogen-bond donors (Lipinski definition) is 3. The van der Waals surface area contributed by atoms with Crippen LogP contribution in [-0.4, -0.2) is 17.7 Å². The third-order valence-corrected chi connectivity index (χ3v) is 2.57. The summed E-state index contributed by atoms with van der Waals surface area (Å²) in [7, 11) is 0. The van der Waals surface area contributed by atoms with E-state index < -0.39 is 17.7 Å². The van der Waals surface area contributed by atoms with Gasteiger partial charge in [-0.1, -0.05) is 27.7 Å². The van der Waals surface area contributed by atoms with Crippen molar-refractivity contribution in [2.24, 2.45) is 35.0 Å². The minimum atomic E-state index is -0.473. The number of primary amides is 3. The minimum Gasteiger partial charge on any atom is -0.370 e. The number of nitrogens with two attached hydrogens (primary N) is 3. The van der Waals surface area contributed by atoms with Gasteiger partial charge in [0.25, 0.3) is 0 Å². The van der Waals surface area contributed by atoms with Crippen LogP contribution in [0.1, 0.15) is 53.4 Å². The lowest BCUT2D eigenvalue weighted by Crippen LogP contribution is -2.29. The van der Waals surface area contributed by atoms with Gasteiger partial charge in [-0.05, 0) is 24.7 Å². The largest absolute Gasteiger partial charge is 0.370 e. The van der Waals surface area contributed by atoms with E-state index in [0.29, 0.717) is 24.7 Å². The van der Waals surface area contributed by atoms with Gasteiger partial charge in [-0.15, -0.1) is 0 Å². The quantitative estimate of drug-likeness (QED) is 0.613. The molecule has 6 nitrogen and oxygen atoms in total. The van der Waals surface area contributed by atoms with Crippen molar-refractivity contribution in [2.45, 2.75) is 53.4 Å². The van der Waals surface area contributed by atoms with Crippen LogP contribution in [0, 0.1) is 17.8 Å². The van der Waals surface area contributed by atoms with Crippen molar-refractivity contribution in [3.8, 4) is 0 Å². The van der Waals surface area contributed by atoms with Gasteiger partial charge in [0.05, 0.1) is 0 Å². The van der Waals surface area contributed by atoms with E-state index in [1.165, 1.54) is 0 Å². The molecule has 0 radical (unpaired) electrons. The average Bonchev–Trinajstić information content (AvgIpc) is 2.25. The molecule has 6 heteroatoms. The van der Waals surface area contributed by atoms with E-state index in [1.807, 2.05) is 13.8 Å². The van der Waals surface area contributed by atoms with Crippen LogP contribution in [-0.2, 0) is 14.4 Å². The fourth-order valence-corrected chi connectivity index (χ4v) is 1.54. The Bertz CT molecular complexity index is 315. The normalized spacial score (nSPS) is 11.7. The van der Waals surface area contributed by atoms with Crippen LogP contribution in [0.4, 0.5) is 0 Å². The van der Waals surface area contributed by atoms with E-state index >= 15 is 0 Å². The first-order valence-corrected chi connectivity index (χ1v) is 6.92. The molecule has 0 bridgehead atoms. The van der Waals surface area contributed by atoms with E-state index in [-0.39, 0.29) is 12.3 Å². The van der Waals surface area contributed by atoms with Crippen molar-refractivity contribution < 1.29 is 14.4 Å². The van der Waals surface area contributed by atoms with Gasteiger partial charge in [-0.2, -0.15) is 0 Å². The number of amides is 3. The van der Waals surface area contributed by atoms with Gasteiger partial charge in [0.1, 0.15) is 0 Å². The maximum absolute atomic E-state index is 10.8. The molecular weight excluding hydrogens is 258 g/mol. The van der Waals surface area contributed by atoms with Crippen molar-refractivity contribution in [1.82, 2.24) is 0 Å². The summed E-state index contributed by atoms with van der Waals surface area (Å²) in [5, 5.41) is 0. The molecular formula is C14H29N3O3. The summed E-state index contributed by atoms with van der Waals surface area (Å²) in [6.07, 6.45) is 2.12. The molecule has 0 spiro atoms. The van der Waals surface area contributed by atoms with Gasteiger partial charge in [-0.3, -0.25) is 14.4 Å². The Morgan fingerprint density at radius 1 is 0.850 bits per heavy atom. The van der Waals surface area contributed by atoms with E-state index in [2.05, 4.69) is 13.8 Å². The first-order chi connectivity index (χ1) is 9.06. The van der Waals surface area contributed by atoms with Crippen LogP contribution >= 0.6 is 0 Å². The fraction of sp³-hybridized carbons (Fsp3) is 0.786. The summed E-state index contributed by atoms with van der Waals surface area (Å²) >= 11 is 0. The van der Waals surface area contributed by atoms with Gasteiger partial charge >= 0.3 is 0 Å². The van der Waals surface area contributed by atoms with Gasteiger partial charge in [0, 0.05) is 18.8 Å². The van der Waals surface area contributed by atoms with E-state index in [4.69, 9.17) is 17.2 Å². The van der Waals surface area contributed by atoms with E-state index in [9.17, 15) is 14.4 Å². The van der Waals surface area contributed by atoms with Crippen LogP contribution in [0.25, 0.3) is 0 Å². The Morgan fingerprint density at radius 3 is 1.55 bits per heavy atom. The second-order valence-corrected chi connectivity index (χ2v) is 5.80. The van der Waals surface area contributed by atoms with Crippen LogP contribution in [0.5, 0.6) is 0 Å². The second-order valence-electron chi connectivity index (χ2n) is 5.80. The van der Waals surface area contributed by atoms with Crippen LogP contribution in [0.2, 0.25) is 0 Å². The third kappa shape index (κ3) is 16.4. The predicted molar refractivity (Wildman–Crippen MR) is 79.2 cm³/mol. The number of rotatable bonds is 8. The molecule has 0 aliphatic heterocycles. The summed E-state index contributed by atoms with van der Waals surface area (Å²) in [6, 6.07) is 0. The van der Waals surface area contributed by atoms with Crippen LogP contribution in [0.3, 0.4) is 0 Å². The molecule has 1 unspecified atom stereocenters. The highest BCUT2D eigenvalue weighted by molar-refractivity contribution is 5.83. The molecule has 0 aromatic rings. The molecule has 0 aromatic heterocycles. The van der Waals surface area contributed by atoms with Gasteiger partial charge in [0.15, 0.2) is 0 Å². The Labute approximate surface area is 121 Å². The molecule has 118 valence electrons. The van der Waals surface area contributed by atoms with Crippen molar-refractivity contribution in [3.05, 3.63) is 0 Å². The summed E-state index contributed by atoms with van der Waals surface area (Å²) in [5.41, 5.74) is 14.9. The van der Waals surface area contributed by atoms with Crippen molar-refractivity contribution in [2.75, 3.05) is 0 Å². The SMILES string of the molecule is CC(C)CC(CC(N)=O)C(N)=O.CC(C)CCC(N)=O. The lowest BCUT2D eigenvalue weighted by molar-refractivity contribution is -0.127. The molecule has 1 atom stereocenters. The number of carbonyl (C=O) groups is 3. The number of carbonyl (C=O) groups excluding carboxylic acids is 3. The van der Waals surface area contributed by atoms with Crippen LogP contribution < -0.4 is 17.2 Å². The van der Waals surface area contributed by atoms with Gasteiger partial charge in [-0.25, -0.2) is 0 Å². The van der Waals surface area contributed by atoms with E-state index in [0.717, 1.165) is 6.42 Å². The first-order valence-electron chi connectivity index (χ1n) is 6.92. The summed E-state index contributed by atoms with van der Waals surface area (Å²) in [5.74, 6) is -0.576. The standard InChI is InChI=1S/C8H16N2O2.C6H13NO/c1-5(2)3-6(8(10)12)4-7(9)11;1-5(2)3-4-6(7)8/h5-6H,3-4H2,1-2H3,(H2,9,11)(H2,10,12);5H,3-4H2,1-2H3,(H2,7,8). The van der Waals surface area contributed by atoms with Crippen molar-refractivity contribution in [1.29, 1.82) is 0 Å². The van der Waals surface area contributed by atoms with Crippen molar-refractivity contribution in [3.63, 3.8) is 0 Å². The molecule has 6 N–H and O–H groups in total. The molecule has 0 heterocycles. The lowest BCUT2D eigenvalue weighted by Gasteiger charge is -2.12. The summed E-state index contributed by atoms with van der Waals surface area (Å²) < 4.78 is 0. The monoisotopic (exact) mass is 287 g/mol. The summed E-state index contributed by atoms with van der Waals surface area (Å²) in [6.45, 7) is 8.08. The molecule has 0 saturated carbocycles. The Kier molecular flexibility index (Phi) is 11.7. The van der Waals surface area contributed by atoms with Gasteiger partial charge < -0.3 is 17.2 Å². The zero-order chi connectivity index (χ0) is 16.3. The Morgan fingerprint density at radius 2 is 1.35 bits per heavy atom. The topological polar surface area (TPSA) is 129 Å². The average molecular weight is 287 g/mol. The highest BCUT2D eigenvalue weighted by Gasteiger charge is 2.18. The number of hydrogen-bond acceptors (Lipinski definition) is 3. The first kappa shape index (κ1) is 20.7. The molecule has 0 saturated heterocycles. The smallest absolute Gasteiger partial charge is 0.221 e. The lowest BCUT2D eigenvalue weighted by atomic mass is 9.93. The maximum atomic E-state index is 10.8. The second kappa shape index (κ2) is 11.3. The third-order valence-electron chi connectivity index (χ3n) is 2.57. The highest BCUT2D eigenvalue weighted by Crippen LogP contribution is 2.14. The maximum Gasteiger partial charge on any atom is 0.221 e. The highest BCUT2D eigenvalue weighted by atomic mass is 16.2. The molecule has 0 aliphatic rings. The molecule has 0 aromatic carbocycles. The zero-order valence-corrected chi connectivity index (χ0v) is 13.0. The summed E-state index contributed by atoms with van der Waals surface area (Å²) in [4.78, 5) is 31.4. The molecule has 0 fully saturated rings. The molecule has 3 amide bonds. The molecule has 20 heavy (non-hydrogen) atoms. The van der Waals surface area contributed by atoms with Crippen LogP contribution in [0.15, 0.2) is 0 Å². The van der Waals surface area contributed by atoms with Crippen molar-refractivity contribution >= 4 is 17.7 Å². The Hall–Kier alpha value is -1.59. The molecule has 0 rings (SSSR count). The predicted octanol–water partition coefficient (Wildman–Crippen LogP) is 0.917. The Balaban J connectivity index is 0. The molecule has 0 aliphatic carbocycles. The fourth-order valence-electron chi connectivity index (χ4n) is 1.54. The van der Waals surface area contributed by atoms with E-state index in [1.54, 1.807) is 0 Å². The zero-order valence-electron chi connectivity index (χ0n) is 13.0.